The molecular formula is C12H26N2O4. The first-order chi connectivity index (χ1) is 8.83. The molecule has 1 saturated heterocycles. The molecular weight excluding hydrogens is 236 g/mol. The number of morpholine rings is 1. The van der Waals surface area contributed by atoms with Crippen LogP contribution >= 0.6 is 0 Å². The highest BCUT2D eigenvalue weighted by Gasteiger charge is 2.14. The molecule has 1 unspecified atom stereocenters. The van der Waals surface area contributed by atoms with E-state index >= 15 is 0 Å². The van der Waals surface area contributed by atoms with Gasteiger partial charge in [0.1, 0.15) is 0 Å². The van der Waals surface area contributed by atoms with Gasteiger partial charge in [-0.05, 0) is 0 Å². The van der Waals surface area contributed by atoms with Crippen molar-refractivity contribution < 1.29 is 19.3 Å². The van der Waals surface area contributed by atoms with Crippen molar-refractivity contribution in [2.24, 2.45) is 0 Å². The molecule has 0 aromatic heterocycles. The molecule has 2 N–H and O–H groups in total. The molecule has 0 saturated carbocycles. The summed E-state index contributed by atoms with van der Waals surface area (Å²) in [7, 11) is 1.66. The Labute approximate surface area is 109 Å². The molecule has 1 fully saturated rings. The minimum absolute atomic E-state index is 0.331. The van der Waals surface area contributed by atoms with E-state index in [1.54, 1.807) is 7.11 Å². The third-order valence-electron chi connectivity index (χ3n) is 2.81. The Balaban J connectivity index is 1.88. The highest BCUT2D eigenvalue weighted by Crippen LogP contribution is 1.97. The summed E-state index contributed by atoms with van der Waals surface area (Å²) in [6.07, 6.45) is -0.331. The number of nitrogens with one attached hydrogen (secondary N) is 1. The normalized spacial score (nSPS) is 19.0. The van der Waals surface area contributed by atoms with Gasteiger partial charge < -0.3 is 24.6 Å². The summed E-state index contributed by atoms with van der Waals surface area (Å²) in [5.74, 6) is 0. The van der Waals surface area contributed by atoms with Crippen LogP contribution in [0.25, 0.3) is 0 Å². The van der Waals surface area contributed by atoms with E-state index in [0.717, 1.165) is 32.8 Å². The van der Waals surface area contributed by atoms with Gasteiger partial charge >= 0.3 is 0 Å². The molecule has 1 aliphatic heterocycles. The summed E-state index contributed by atoms with van der Waals surface area (Å²) in [5, 5.41) is 13.0. The summed E-state index contributed by atoms with van der Waals surface area (Å²) in [6, 6.07) is 0. The summed E-state index contributed by atoms with van der Waals surface area (Å²) < 4.78 is 15.4. The van der Waals surface area contributed by atoms with E-state index in [0.29, 0.717) is 32.9 Å². The minimum Gasteiger partial charge on any atom is -0.390 e. The average molecular weight is 262 g/mol. The Morgan fingerprint density at radius 2 is 2.06 bits per heavy atom. The molecule has 0 radical (unpaired) electrons. The number of aliphatic hydroxyl groups is 1. The first kappa shape index (κ1) is 15.8. The predicted molar refractivity (Wildman–Crippen MR) is 68.8 cm³/mol. The molecule has 0 spiro atoms. The smallest absolute Gasteiger partial charge is 0.0791 e. The second-order valence-electron chi connectivity index (χ2n) is 4.38. The zero-order valence-corrected chi connectivity index (χ0v) is 11.3. The third-order valence-corrected chi connectivity index (χ3v) is 2.81. The minimum atomic E-state index is -0.331. The molecule has 108 valence electrons. The maximum Gasteiger partial charge on any atom is 0.0791 e. The van der Waals surface area contributed by atoms with Crippen molar-refractivity contribution in [2.45, 2.75) is 6.10 Å². The molecule has 1 heterocycles. The summed E-state index contributed by atoms with van der Waals surface area (Å²) >= 11 is 0. The Bertz CT molecular complexity index is 189. The second kappa shape index (κ2) is 10.7. The summed E-state index contributed by atoms with van der Waals surface area (Å²) in [6.45, 7) is 7.33. The highest BCUT2D eigenvalue weighted by atomic mass is 16.5. The van der Waals surface area contributed by atoms with E-state index in [1.165, 1.54) is 0 Å². The largest absolute Gasteiger partial charge is 0.390 e. The topological polar surface area (TPSA) is 63.2 Å². The first-order valence-electron chi connectivity index (χ1n) is 6.58. The van der Waals surface area contributed by atoms with E-state index in [2.05, 4.69) is 10.2 Å². The van der Waals surface area contributed by atoms with Gasteiger partial charge in [-0.2, -0.15) is 0 Å². The number of nitrogens with zero attached hydrogens (tertiary/aromatic N) is 1. The van der Waals surface area contributed by atoms with Crippen LogP contribution in [0.3, 0.4) is 0 Å². The van der Waals surface area contributed by atoms with Crippen LogP contribution in [-0.2, 0) is 14.2 Å². The molecule has 0 aromatic carbocycles. The van der Waals surface area contributed by atoms with E-state index in [9.17, 15) is 5.11 Å². The maximum absolute atomic E-state index is 9.84. The Hall–Kier alpha value is -0.240. The van der Waals surface area contributed by atoms with Crippen molar-refractivity contribution in [3.8, 4) is 0 Å². The highest BCUT2D eigenvalue weighted by molar-refractivity contribution is 4.69. The van der Waals surface area contributed by atoms with Gasteiger partial charge in [0.15, 0.2) is 0 Å². The van der Waals surface area contributed by atoms with E-state index < -0.39 is 0 Å². The molecule has 1 aliphatic rings. The van der Waals surface area contributed by atoms with Crippen LogP contribution < -0.4 is 5.32 Å². The van der Waals surface area contributed by atoms with Gasteiger partial charge in [-0.1, -0.05) is 0 Å². The van der Waals surface area contributed by atoms with Crippen LogP contribution in [0.15, 0.2) is 0 Å². The number of methoxy groups -OCH3 is 1. The van der Waals surface area contributed by atoms with Crippen molar-refractivity contribution in [2.75, 3.05) is 72.9 Å². The summed E-state index contributed by atoms with van der Waals surface area (Å²) in [5.41, 5.74) is 0. The Kier molecular flexibility index (Phi) is 9.37. The monoisotopic (exact) mass is 262 g/mol. The molecule has 1 rings (SSSR count). The molecule has 0 bridgehead atoms. The van der Waals surface area contributed by atoms with Crippen LogP contribution in [-0.4, -0.2) is 89.0 Å². The van der Waals surface area contributed by atoms with Crippen molar-refractivity contribution >= 4 is 0 Å². The predicted octanol–water partition coefficient (Wildman–Crippen LogP) is -1.07. The quantitative estimate of drug-likeness (QED) is 0.489. The van der Waals surface area contributed by atoms with Gasteiger partial charge in [0.2, 0.25) is 0 Å². The molecule has 1 atom stereocenters. The van der Waals surface area contributed by atoms with Crippen molar-refractivity contribution in [1.29, 1.82) is 0 Å². The molecule has 18 heavy (non-hydrogen) atoms. The SMILES string of the molecule is COCCOCCNCC(O)CN1CCOCC1. The van der Waals surface area contributed by atoms with Crippen LogP contribution in [0.5, 0.6) is 0 Å². The molecule has 0 aromatic rings. The van der Waals surface area contributed by atoms with Crippen molar-refractivity contribution in [1.82, 2.24) is 10.2 Å². The van der Waals surface area contributed by atoms with Crippen LogP contribution in [0.1, 0.15) is 0 Å². The maximum atomic E-state index is 9.84. The lowest BCUT2D eigenvalue weighted by atomic mass is 10.3. The zero-order valence-electron chi connectivity index (χ0n) is 11.3. The van der Waals surface area contributed by atoms with Crippen LogP contribution in [0, 0.1) is 0 Å². The lowest BCUT2D eigenvalue weighted by molar-refractivity contribution is 0.0144. The number of rotatable bonds is 10. The van der Waals surface area contributed by atoms with Gasteiger partial charge in [-0.3, -0.25) is 4.90 Å². The van der Waals surface area contributed by atoms with Gasteiger partial charge in [0, 0.05) is 39.8 Å². The van der Waals surface area contributed by atoms with E-state index in [4.69, 9.17) is 14.2 Å². The number of ether oxygens (including phenoxy) is 3. The Morgan fingerprint density at radius 3 is 2.78 bits per heavy atom. The molecule has 0 aliphatic carbocycles. The van der Waals surface area contributed by atoms with Gasteiger partial charge in [-0.15, -0.1) is 0 Å². The fourth-order valence-corrected chi connectivity index (χ4v) is 1.80. The van der Waals surface area contributed by atoms with Crippen LogP contribution in [0.2, 0.25) is 0 Å². The van der Waals surface area contributed by atoms with E-state index in [1.807, 2.05) is 0 Å². The average Bonchev–Trinajstić information content (AvgIpc) is 2.39. The van der Waals surface area contributed by atoms with Crippen molar-refractivity contribution in [3.05, 3.63) is 0 Å². The first-order valence-corrected chi connectivity index (χ1v) is 6.58. The number of aliphatic hydroxyl groups excluding tert-OH is 1. The van der Waals surface area contributed by atoms with Crippen LogP contribution in [0.4, 0.5) is 0 Å². The fourth-order valence-electron chi connectivity index (χ4n) is 1.80. The van der Waals surface area contributed by atoms with Gasteiger partial charge in [0.05, 0.1) is 39.1 Å². The molecule has 6 heteroatoms. The number of hydrogen-bond donors (Lipinski definition) is 2. The van der Waals surface area contributed by atoms with E-state index in [-0.39, 0.29) is 6.10 Å². The lowest BCUT2D eigenvalue weighted by Crippen LogP contribution is -2.44. The number of hydrogen-bond acceptors (Lipinski definition) is 6. The third kappa shape index (κ3) is 7.97. The standard InChI is InChI=1S/C12H26N2O4/c1-16-8-9-17-5-2-13-10-12(15)11-14-3-6-18-7-4-14/h12-13,15H,2-11H2,1H3. The second-order valence-corrected chi connectivity index (χ2v) is 4.38. The zero-order chi connectivity index (χ0) is 13.1. The lowest BCUT2D eigenvalue weighted by Gasteiger charge is -2.28. The number of β-amino-alcohol motifs (C(OH)–C–C–N with tert-alkyl or cyclic N) is 1. The van der Waals surface area contributed by atoms with Gasteiger partial charge in [-0.25, -0.2) is 0 Å². The van der Waals surface area contributed by atoms with Gasteiger partial charge in [0.25, 0.3) is 0 Å². The molecule has 6 nitrogen and oxygen atoms in total. The molecule has 0 amide bonds. The summed E-state index contributed by atoms with van der Waals surface area (Å²) in [4.78, 5) is 2.23. The Morgan fingerprint density at radius 1 is 1.28 bits per heavy atom. The van der Waals surface area contributed by atoms with Crippen molar-refractivity contribution in [3.63, 3.8) is 0 Å². The fraction of sp³-hybridized carbons (Fsp3) is 1.00.